The summed E-state index contributed by atoms with van der Waals surface area (Å²) in [5.41, 5.74) is 7.74. The van der Waals surface area contributed by atoms with Crippen LogP contribution in [0, 0.1) is 0 Å². The molecule has 1 aromatic carbocycles. The zero-order valence-electron chi connectivity index (χ0n) is 11.5. The van der Waals surface area contributed by atoms with Crippen LogP contribution in [-0.4, -0.2) is 16.4 Å². The van der Waals surface area contributed by atoms with Gasteiger partial charge in [0.2, 0.25) is 0 Å². The number of ether oxygens (including phenoxy) is 1. The van der Waals surface area contributed by atoms with Gasteiger partial charge in [-0.15, -0.1) is 0 Å². The maximum absolute atomic E-state index is 5.67. The largest absolute Gasteiger partial charge is 0.490 e. The highest BCUT2D eigenvalue weighted by Gasteiger charge is 2.02. The molecule has 1 aromatic heterocycles. The van der Waals surface area contributed by atoms with E-state index in [9.17, 15) is 0 Å². The molecule has 0 saturated carbocycles. The van der Waals surface area contributed by atoms with E-state index >= 15 is 0 Å². The van der Waals surface area contributed by atoms with E-state index in [0.29, 0.717) is 12.6 Å². The van der Waals surface area contributed by atoms with E-state index in [0.717, 1.165) is 24.3 Å². The van der Waals surface area contributed by atoms with Crippen molar-refractivity contribution in [3.05, 3.63) is 42.2 Å². The number of anilines is 1. The van der Waals surface area contributed by atoms with Crippen molar-refractivity contribution in [2.75, 3.05) is 12.3 Å². The average Bonchev–Trinajstić information content (AvgIpc) is 2.86. The Balaban J connectivity index is 1.72. The molecule has 0 aliphatic carbocycles. The monoisotopic (exact) mass is 259 g/mol. The van der Waals surface area contributed by atoms with Crippen molar-refractivity contribution in [2.24, 2.45) is 0 Å². The normalized spacial score (nSPS) is 10.9. The van der Waals surface area contributed by atoms with Crippen LogP contribution in [0.3, 0.4) is 0 Å². The molecule has 2 aromatic rings. The summed E-state index contributed by atoms with van der Waals surface area (Å²) in [5, 5.41) is 4.24. The number of hydrogen-bond acceptors (Lipinski definition) is 3. The molecule has 0 amide bonds. The lowest BCUT2D eigenvalue weighted by Crippen LogP contribution is -2.01. The highest BCUT2D eigenvalue weighted by molar-refractivity contribution is 5.39. The van der Waals surface area contributed by atoms with Gasteiger partial charge in [0.25, 0.3) is 0 Å². The summed E-state index contributed by atoms with van der Waals surface area (Å²) >= 11 is 0. The van der Waals surface area contributed by atoms with Crippen molar-refractivity contribution in [3.8, 4) is 5.75 Å². The molecular formula is C15H21N3O. The third-order valence-electron chi connectivity index (χ3n) is 2.97. The van der Waals surface area contributed by atoms with Crippen molar-refractivity contribution in [2.45, 2.75) is 32.7 Å². The first kappa shape index (κ1) is 13.5. The smallest absolute Gasteiger partial charge is 0.157 e. The zero-order valence-corrected chi connectivity index (χ0v) is 11.5. The molecule has 102 valence electrons. The minimum absolute atomic E-state index is 0.368. The third-order valence-corrected chi connectivity index (χ3v) is 2.97. The molecule has 0 saturated heterocycles. The van der Waals surface area contributed by atoms with Crippen molar-refractivity contribution in [1.29, 1.82) is 0 Å². The van der Waals surface area contributed by atoms with Crippen molar-refractivity contribution >= 4 is 5.69 Å². The van der Waals surface area contributed by atoms with E-state index in [1.54, 1.807) is 6.20 Å². The Kier molecular flexibility index (Phi) is 4.44. The van der Waals surface area contributed by atoms with Crippen molar-refractivity contribution in [1.82, 2.24) is 9.78 Å². The molecule has 2 N–H and O–H groups in total. The second-order valence-electron chi connectivity index (χ2n) is 4.94. The van der Waals surface area contributed by atoms with E-state index in [-0.39, 0.29) is 0 Å². The molecule has 0 spiro atoms. The summed E-state index contributed by atoms with van der Waals surface area (Å²) < 4.78 is 7.57. The number of nitrogens with zero attached hydrogens (tertiary/aromatic N) is 2. The fourth-order valence-electron chi connectivity index (χ4n) is 1.83. The summed E-state index contributed by atoms with van der Waals surface area (Å²) in [6, 6.07) is 8.36. The van der Waals surface area contributed by atoms with Crippen LogP contribution in [0.15, 0.2) is 36.7 Å². The summed E-state index contributed by atoms with van der Waals surface area (Å²) in [6.07, 6.45) is 5.69. The Morgan fingerprint density at radius 3 is 2.63 bits per heavy atom. The Hall–Kier alpha value is -1.97. The second-order valence-corrected chi connectivity index (χ2v) is 4.94. The maximum atomic E-state index is 5.67. The lowest BCUT2D eigenvalue weighted by Gasteiger charge is -2.05. The quantitative estimate of drug-likeness (QED) is 0.640. The SMILES string of the molecule is CC(C)n1cc(OCCCc2ccc(N)cc2)cn1. The molecule has 0 unspecified atom stereocenters. The summed E-state index contributed by atoms with van der Waals surface area (Å²) in [5.74, 6) is 0.839. The number of nitrogens with two attached hydrogens (primary N) is 1. The van der Waals surface area contributed by atoms with Gasteiger partial charge in [-0.3, -0.25) is 4.68 Å². The van der Waals surface area contributed by atoms with E-state index in [4.69, 9.17) is 10.5 Å². The topological polar surface area (TPSA) is 53.1 Å². The van der Waals surface area contributed by atoms with E-state index in [2.05, 4.69) is 31.1 Å². The highest BCUT2D eigenvalue weighted by Crippen LogP contribution is 2.13. The number of aromatic nitrogens is 2. The van der Waals surface area contributed by atoms with Gasteiger partial charge in [0.1, 0.15) is 0 Å². The summed E-state index contributed by atoms with van der Waals surface area (Å²) in [6.45, 7) is 4.89. The van der Waals surface area contributed by atoms with Crippen LogP contribution in [0.25, 0.3) is 0 Å². The first-order valence-electron chi connectivity index (χ1n) is 6.66. The van der Waals surface area contributed by atoms with Gasteiger partial charge in [0.05, 0.1) is 19.0 Å². The van der Waals surface area contributed by atoms with Gasteiger partial charge in [-0.1, -0.05) is 12.1 Å². The Morgan fingerprint density at radius 2 is 2.00 bits per heavy atom. The van der Waals surface area contributed by atoms with Crippen LogP contribution in [0.4, 0.5) is 5.69 Å². The fraction of sp³-hybridized carbons (Fsp3) is 0.400. The number of benzene rings is 1. The predicted molar refractivity (Wildman–Crippen MR) is 77.3 cm³/mol. The summed E-state index contributed by atoms with van der Waals surface area (Å²) in [4.78, 5) is 0. The van der Waals surface area contributed by atoms with E-state index < -0.39 is 0 Å². The van der Waals surface area contributed by atoms with Crippen molar-refractivity contribution < 1.29 is 4.74 Å². The van der Waals surface area contributed by atoms with Gasteiger partial charge in [0, 0.05) is 11.7 Å². The molecule has 2 rings (SSSR count). The molecule has 4 heteroatoms. The first-order valence-corrected chi connectivity index (χ1v) is 6.66. The maximum Gasteiger partial charge on any atom is 0.157 e. The minimum Gasteiger partial charge on any atom is -0.490 e. The number of hydrogen-bond donors (Lipinski definition) is 1. The van der Waals surface area contributed by atoms with E-state index in [1.165, 1.54) is 5.56 Å². The standard InChI is InChI=1S/C15H21N3O/c1-12(2)18-11-15(10-17-18)19-9-3-4-13-5-7-14(16)8-6-13/h5-8,10-12H,3-4,9,16H2,1-2H3. The highest BCUT2D eigenvalue weighted by atomic mass is 16.5. The van der Waals surface area contributed by atoms with Crippen LogP contribution in [-0.2, 0) is 6.42 Å². The van der Waals surface area contributed by atoms with Gasteiger partial charge in [0.15, 0.2) is 5.75 Å². The fourth-order valence-corrected chi connectivity index (χ4v) is 1.83. The van der Waals surface area contributed by atoms with Crippen LogP contribution in [0.1, 0.15) is 31.9 Å². The zero-order chi connectivity index (χ0) is 13.7. The van der Waals surface area contributed by atoms with Gasteiger partial charge in [-0.25, -0.2) is 0 Å². The molecule has 0 atom stereocenters. The number of rotatable bonds is 6. The van der Waals surface area contributed by atoms with Gasteiger partial charge in [-0.2, -0.15) is 5.10 Å². The van der Waals surface area contributed by atoms with E-state index in [1.807, 2.05) is 23.0 Å². The summed E-state index contributed by atoms with van der Waals surface area (Å²) in [7, 11) is 0. The Labute approximate surface area is 114 Å². The molecule has 1 heterocycles. The third kappa shape index (κ3) is 4.02. The minimum atomic E-state index is 0.368. The Morgan fingerprint density at radius 1 is 1.26 bits per heavy atom. The number of aryl methyl sites for hydroxylation is 1. The van der Waals surface area contributed by atoms with Crippen LogP contribution in [0.2, 0.25) is 0 Å². The number of nitrogen functional groups attached to an aromatic ring is 1. The molecule has 0 aliphatic heterocycles. The molecule has 0 bridgehead atoms. The molecule has 0 radical (unpaired) electrons. The molecule has 19 heavy (non-hydrogen) atoms. The average molecular weight is 259 g/mol. The van der Waals surface area contributed by atoms with Crippen LogP contribution in [0.5, 0.6) is 5.75 Å². The molecular weight excluding hydrogens is 238 g/mol. The molecule has 0 aliphatic rings. The van der Waals surface area contributed by atoms with Gasteiger partial charge < -0.3 is 10.5 Å². The first-order chi connectivity index (χ1) is 9.15. The van der Waals surface area contributed by atoms with Gasteiger partial charge >= 0.3 is 0 Å². The lowest BCUT2D eigenvalue weighted by molar-refractivity contribution is 0.310. The van der Waals surface area contributed by atoms with Gasteiger partial charge in [-0.05, 0) is 44.4 Å². The molecule has 4 nitrogen and oxygen atoms in total. The van der Waals surface area contributed by atoms with Crippen LogP contribution >= 0.6 is 0 Å². The second kappa shape index (κ2) is 6.27. The lowest BCUT2D eigenvalue weighted by atomic mass is 10.1. The molecule has 0 fully saturated rings. The van der Waals surface area contributed by atoms with Crippen molar-refractivity contribution in [3.63, 3.8) is 0 Å². The van der Waals surface area contributed by atoms with Crippen LogP contribution < -0.4 is 10.5 Å². The predicted octanol–water partition coefficient (Wildman–Crippen LogP) is 3.06. The Bertz CT molecular complexity index is 502.